The van der Waals surface area contributed by atoms with Gasteiger partial charge in [-0.05, 0) is 12.2 Å². The molecule has 0 amide bonds. The average molecular weight is 68.1 g/mol. The van der Waals surface area contributed by atoms with E-state index in [2.05, 4.69) is 10.8 Å². The molecule has 1 rings (SSSR count). The molecule has 1 aliphatic heterocycles. The van der Waals surface area contributed by atoms with Crippen LogP contribution in [-0.2, 0) is 4.74 Å². The van der Waals surface area contributed by atoms with E-state index in [0.717, 1.165) is 0 Å². The third-order valence-electron chi connectivity index (χ3n) is 0.449. The van der Waals surface area contributed by atoms with Gasteiger partial charge in [0.25, 0.3) is 0 Å². The predicted octanol–water partition coefficient (Wildman–Crippen LogP) is 0.538. The van der Waals surface area contributed by atoms with Crippen molar-refractivity contribution < 1.29 is 4.74 Å². The van der Waals surface area contributed by atoms with Crippen LogP contribution in [0.2, 0.25) is 0 Å². The van der Waals surface area contributed by atoms with Crippen molar-refractivity contribution in [1.29, 1.82) is 0 Å². The summed E-state index contributed by atoms with van der Waals surface area (Å²) in [6.45, 7) is 2.26. The highest BCUT2D eigenvalue weighted by atomic mass is 16.5. The number of rotatable bonds is 0. The van der Waals surface area contributed by atoms with Crippen LogP contribution in [0.25, 0.3) is 0 Å². The minimum absolute atomic E-state index is 0.639. The predicted molar refractivity (Wildman–Crippen MR) is 18.1 cm³/mol. The van der Waals surface area contributed by atoms with Crippen molar-refractivity contribution in [2.24, 2.45) is 0 Å². The standard InChI is InChI=1S/C4H4O/c1-2-4-5-3-1/h1,3H,4H2. The molecular formula is C4H4O. The van der Waals surface area contributed by atoms with Gasteiger partial charge in [-0.1, -0.05) is 0 Å². The zero-order chi connectivity index (χ0) is 3.54. The van der Waals surface area contributed by atoms with Crippen LogP contribution in [-0.4, -0.2) is 6.61 Å². The van der Waals surface area contributed by atoms with Crippen LogP contribution in [0.15, 0.2) is 6.08 Å². The molecule has 1 nitrogen and oxygen atoms in total. The maximum atomic E-state index is 4.65. The van der Waals surface area contributed by atoms with Crippen LogP contribution in [0.5, 0.6) is 0 Å². The molecule has 26 valence electrons. The second kappa shape index (κ2) is 1.22. The lowest BCUT2D eigenvalue weighted by molar-refractivity contribution is 0.266. The van der Waals surface area contributed by atoms with E-state index in [1.807, 2.05) is 0 Å². The molecular weight excluding hydrogens is 64.0 g/mol. The van der Waals surface area contributed by atoms with Crippen LogP contribution in [0.3, 0.4) is 0 Å². The lowest BCUT2D eigenvalue weighted by Gasteiger charge is -1.76. The molecule has 1 heterocycles. The maximum Gasteiger partial charge on any atom is 0.106 e. The highest BCUT2D eigenvalue weighted by Gasteiger charge is 1.85. The van der Waals surface area contributed by atoms with Gasteiger partial charge in [0.1, 0.15) is 6.61 Å². The molecule has 0 bridgehead atoms. The summed E-state index contributed by atoms with van der Waals surface area (Å²) in [6, 6.07) is 0. The molecule has 0 aromatic carbocycles. The van der Waals surface area contributed by atoms with Crippen molar-refractivity contribution in [3.63, 3.8) is 0 Å². The van der Waals surface area contributed by atoms with Gasteiger partial charge in [0.05, 0.1) is 6.61 Å². The van der Waals surface area contributed by atoms with Gasteiger partial charge in [0, 0.05) is 0 Å². The van der Waals surface area contributed by atoms with Gasteiger partial charge in [0.15, 0.2) is 0 Å². The quantitative estimate of drug-likeness (QED) is 0.402. The summed E-state index contributed by atoms with van der Waals surface area (Å²) in [5, 5.41) is 0. The Morgan fingerprint density at radius 2 is 2.80 bits per heavy atom. The largest absolute Gasteiger partial charge is 0.366 e. The van der Waals surface area contributed by atoms with E-state index in [1.54, 1.807) is 12.7 Å². The molecule has 0 fully saturated rings. The van der Waals surface area contributed by atoms with Gasteiger partial charge in [0.2, 0.25) is 0 Å². The summed E-state index contributed by atoms with van der Waals surface area (Å²) < 4.78 is 4.65. The van der Waals surface area contributed by atoms with Crippen LogP contribution >= 0.6 is 0 Å². The Kier molecular flexibility index (Phi) is 0.711. The zero-order valence-electron chi connectivity index (χ0n) is 2.77. The summed E-state index contributed by atoms with van der Waals surface area (Å²) in [5.41, 5.74) is 0. The Labute approximate surface area is 31.3 Å². The Morgan fingerprint density at radius 1 is 1.80 bits per heavy atom. The minimum atomic E-state index is 0.639. The van der Waals surface area contributed by atoms with Gasteiger partial charge in [-0.3, -0.25) is 0 Å². The maximum absolute atomic E-state index is 4.65. The number of ether oxygens (including phenoxy) is 1. The first-order valence-electron chi connectivity index (χ1n) is 1.50. The molecule has 0 spiro atoms. The molecule has 0 aromatic heterocycles. The van der Waals surface area contributed by atoms with Gasteiger partial charge in [-0.15, -0.1) is 0 Å². The Morgan fingerprint density at radius 3 is 3.00 bits per heavy atom. The van der Waals surface area contributed by atoms with Crippen molar-refractivity contribution >= 4 is 0 Å². The lowest BCUT2D eigenvalue weighted by atomic mass is 10.6. The summed E-state index contributed by atoms with van der Waals surface area (Å²) in [5.74, 6) is 0. The smallest absolute Gasteiger partial charge is 0.106 e. The molecule has 0 aliphatic carbocycles. The number of hydrogen-bond donors (Lipinski definition) is 0. The summed E-state index contributed by atoms with van der Waals surface area (Å²) >= 11 is 0. The fraction of sp³-hybridized carbons (Fsp3) is 0.250. The molecule has 0 unspecified atom stereocenters. The highest BCUT2D eigenvalue weighted by molar-refractivity contribution is 4.88. The molecule has 0 N–H and O–H groups in total. The first kappa shape index (κ1) is 2.91. The summed E-state index contributed by atoms with van der Waals surface area (Å²) in [6.07, 6.45) is 4.58. The fourth-order valence-electron chi connectivity index (χ4n) is 0.241. The van der Waals surface area contributed by atoms with E-state index in [1.165, 1.54) is 0 Å². The van der Waals surface area contributed by atoms with Crippen LogP contribution in [0, 0.1) is 12.7 Å². The molecule has 5 heavy (non-hydrogen) atoms. The molecule has 2 radical (unpaired) electrons. The van der Waals surface area contributed by atoms with E-state index in [4.69, 9.17) is 0 Å². The molecule has 0 saturated carbocycles. The Balaban J connectivity index is 2.32. The van der Waals surface area contributed by atoms with E-state index in [0.29, 0.717) is 6.61 Å². The average Bonchev–Trinajstić information content (AvgIpc) is 1.76. The number of hydrogen-bond acceptors (Lipinski definition) is 1. The first-order valence-corrected chi connectivity index (χ1v) is 1.50. The van der Waals surface area contributed by atoms with Gasteiger partial charge < -0.3 is 4.74 Å². The van der Waals surface area contributed by atoms with Gasteiger partial charge in [-0.25, -0.2) is 0 Å². The Bertz CT molecular complexity index is 41.6. The van der Waals surface area contributed by atoms with E-state index >= 15 is 0 Å². The van der Waals surface area contributed by atoms with Crippen LogP contribution in [0.4, 0.5) is 0 Å². The second-order valence-electron chi connectivity index (χ2n) is 0.818. The van der Waals surface area contributed by atoms with Crippen molar-refractivity contribution in [3.8, 4) is 0 Å². The molecule has 0 saturated heterocycles. The summed E-state index contributed by atoms with van der Waals surface area (Å²) in [7, 11) is 0. The van der Waals surface area contributed by atoms with Crippen LogP contribution < -0.4 is 0 Å². The van der Waals surface area contributed by atoms with Crippen molar-refractivity contribution in [3.05, 3.63) is 18.8 Å². The monoisotopic (exact) mass is 68.0 g/mol. The van der Waals surface area contributed by atoms with Crippen LogP contribution in [0.1, 0.15) is 0 Å². The normalized spacial score (nSPS) is 20.8. The first-order chi connectivity index (χ1) is 2.50. The molecule has 0 atom stereocenters. The SMILES string of the molecule is [C]1=C[CH]OC1. The van der Waals surface area contributed by atoms with Gasteiger partial charge in [-0.2, -0.15) is 0 Å². The summed E-state index contributed by atoms with van der Waals surface area (Å²) in [4.78, 5) is 0. The zero-order valence-corrected chi connectivity index (χ0v) is 2.77. The van der Waals surface area contributed by atoms with Gasteiger partial charge >= 0.3 is 0 Å². The second-order valence-corrected chi connectivity index (χ2v) is 0.818. The van der Waals surface area contributed by atoms with E-state index in [-0.39, 0.29) is 0 Å². The van der Waals surface area contributed by atoms with Crippen molar-refractivity contribution in [2.75, 3.05) is 6.61 Å². The Hall–Kier alpha value is -0.300. The van der Waals surface area contributed by atoms with E-state index < -0.39 is 0 Å². The third kappa shape index (κ3) is 0.484. The van der Waals surface area contributed by atoms with E-state index in [9.17, 15) is 0 Å². The third-order valence-corrected chi connectivity index (χ3v) is 0.449. The minimum Gasteiger partial charge on any atom is -0.366 e. The highest BCUT2D eigenvalue weighted by Crippen LogP contribution is 1.90. The molecule has 0 aromatic rings. The molecule has 1 aliphatic rings. The fourth-order valence-corrected chi connectivity index (χ4v) is 0.241. The molecule has 1 heteroatoms. The van der Waals surface area contributed by atoms with Crippen molar-refractivity contribution in [1.82, 2.24) is 0 Å². The lowest BCUT2D eigenvalue weighted by Crippen LogP contribution is -1.71. The van der Waals surface area contributed by atoms with Crippen molar-refractivity contribution in [2.45, 2.75) is 0 Å². The topological polar surface area (TPSA) is 9.23 Å².